The monoisotopic (exact) mass is 481 g/mol. The smallest absolute Gasteiger partial charge is 0.248 e. The number of hydrogen-bond donors (Lipinski definition) is 1. The second kappa shape index (κ2) is 9.61. The van der Waals surface area contributed by atoms with E-state index < -0.39 is 0 Å². The van der Waals surface area contributed by atoms with E-state index in [0.717, 1.165) is 27.6 Å². The van der Waals surface area contributed by atoms with Crippen molar-refractivity contribution in [3.8, 4) is 22.6 Å². The zero-order valence-corrected chi connectivity index (χ0v) is 19.8. The lowest BCUT2D eigenvalue weighted by Crippen LogP contribution is -2.08. The number of carbonyl (C=O) groups excluding carboxylic acids is 1. The van der Waals surface area contributed by atoms with Crippen molar-refractivity contribution in [1.29, 1.82) is 0 Å². The Morgan fingerprint density at radius 1 is 1.00 bits per heavy atom. The number of furan rings is 1. The molecular weight excluding hydrogens is 461 g/mol. The first-order valence-electron chi connectivity index (χ1n) is 10.1. The minimum absolute atomic E-state index is 0.268. The summed E-state index contributed by atoms with van der Waals surface area (Å²) in [4.78, 5) is 12.7. The van der Waals surface area contributed by atoms with Gasteiger partial charge < -0.3 is 19.2 Å². The molecule has 4 rings (SSSR count). The van der Waals surface area contributed by atoms with Crippen molar-refractivity contribution in [2.75, 3.05) is 19.5 Å². The van der Waals surface area contributed by atoms with E-state index in [1.54, 1.807) is 50.8 Å². The molecular formula is C26H21Cl2NO4. The van der Waals surface area contributed by atoms with Crippen LogP contribution in [0.5, 0.6) is 11.5 Å². The number of ether oxygens (including phenoxy) is 2. The summed E-state index contributed by atoms with van der Waals surface area (Å²) in [6, 6.07) is 16.2. The highest BCUT2D eigenvalue weighted by atomic mass is 35.5. The number of rotatable bonds is 6. The minimum atomic E-state index is -0.268. The van der Waals surface area contributed by atoms with Crippen LogP contribution in [-0.4, -0.2) is 20.1 Å². The normalized spacial score (nSPS) is 11.5. The molecule has 0 atom stereocenters. The van der Waals surface area contributed by atoms with Crippen LogP contribution < -0.4 is 14.8 Å². The fourth-order valence-corrected chi connectivity index (χ4v) is 4.11. The molecule has 0 saturated carbocycles. The standard InChI is InChI=1S/C26H21Cl2NO4/c1-15(9-26(30)29-17-5-4-6-18(11-17)31-2)20-12-21-22(14-33-25(21)13-24(20)32-3)19-8-7-16(27)10-23(19)28/h4-14H,1-3H3,(H,29,30)/b15-9+. The van der Waals surface area contributed by atoms with Gasteiger partial charge in [-0.1, -0.05) is 35.3 Å². The van der Waals surface area contributed by atoms with Crippen LogP contribution in [0.3, 0.4) is 0 Å². The summed E-state index contributed by atoms with van der Waals surface area (Å²) < 4.78 is 16.5. The maximum Gasteiger partial charge on any atom is 0.248 e. The molecule has 0 aliphatic heterocycles. The summed E-state index contributed by atoms with van der Waals surface area (Å²) in [7, 11) is 3.16. The largest absolute Gasteiger partial charge is 0.497 e. The number of nitrogens with one attached hydrogen (secondary N) is 1. The first-order valence-corrected chi connectivity index (χ1v) is 10.8. The van der Waals surface area contributed by atoms with Crippen molar-refractivity contribution in [2.24, 2.45) is 0 Å². The van der Waals surface area contributed by atoms with E-state index in [9.17, 15) is 4.79 Å². The molecule has 1 amide bonds. The quantitative estimate of drug-likeness (QED) is 0.290. The third kappa shape index (κ3) is 4.85. The van der Waals surface area contributed by atoms with Crippen LogP contribution in [-0.2, 0) is 4.79 Å². The highest BCUT2D eigenvalue weighted by Gasteiger charge is 2.16. The zero-order valence-electron chi connectivity index (χ0n) is 18.2. The summed E-state index contributed by atoms with van der Waals surface area (Å²) in [5.74, 6) is 0.985. The molecule has 7 heteroatoms. The van der Waals surface area contributed by atoms with Gasteiger partial charge in [0.05, 0.1) is 25.5 Å². The van der Waals surface area contributed by atoms with Gasteiger partial charge in [-0.3, -0.25) is 4.79 Å². The van der Waals surface area contributed by atoms with E-state index in [4.69, 9.17) is 37.1 Å². The predicted molar refractivity (Wildman–Crippen MR) is 133 cm³/mol. The summed E-state index contributed by atoms with van der Waals surface area (Å²) in [5.41, 5.74) is 4.39. The van der Waals surface area contributed by atoms with E-state index in [-0.39, 0.29) is 5.91 Å². The molecule has 0 bridgehead atoms. The van der Waals surface area contributed by atoms with Gasteiger partial charge in [-0.2, -0.15) is 0 Å². The van der Waals surface area contributed by atoms with Gasteiger partial charge in [-0.25, -0.2) is 0 Å². The number of carbonyl (C=O) groups is 1. The lowest BCUT2D eigenvalue weighted by atomic mass is 9.99. The highest BCUT2D eigenvalue weighted by Crippen LogP contribution is 2.40. The van der Waals surface area contributed by atoms with Crippen LogP contribution in [0.2, 0.25) is 10.0 Å². The number of amides is 1. The lowest BCUT2D eigenvalue weighted by molar-refractivity contribution is -0.111. The van der Waals surface area contributed by atoms with Crippen molar-refractivity contribution >= 4 is 51.3 Å². The Bertz CT molecular complexity index is 1370. The molecule has 3 aromatic carbocycles. The van der Waals surface area contributed by atoms with E-state index in [1.165, 1.54) is 6.08 Å². The van der Waals surface area contributed by atoms with Crippen LogP contribution in [0.1, 0.15) is 12.5 Å². The van der Waals surface area contributed by atoms with Crippen LogP contribution in [0.25, 0.3) is 27.7 Å². The fourth-order valence-electron chi connectivity index (χ4n) is 3.60. The molecule has 0 saturated heterocycles. The first-order chi connectivity index (χ1) is 15.9. The third-order valence-electron chi connectivity index (χ3n) is 5.23. The Hall–Kier alpha value is -3.41. The molecule has 0 aliphatic carbocycles. The van der Waals surface area contributed by atoms with E-state index in [1.807, 2.05) is 31.2 Å². The molecule has 0 unspecified atom stereocenters. The lowest BCUT2D eigenvalue weighted by Gasteiger charge is -2.11. The second-order valence-corrected chi connectivity index (χ2v) is 8.21. The third-order valence-corrected chi connectivity index (χ3v) is 5.77. The fraction of sp³-hybridized carbons (Fsp3) is 0.115. The summed E-state index contributed by atoms with van der Waals surface area (Å²) in [6.07, 6.45) is 3.18. The van der Waals surface area contributed by atoms with Crippen molar-refractivity contribution in [2.45, 2.75) is 6.92 Å². The van der Waals surface area contributed by atoms with Gasteiger partial charge in [0.15, 0.2) is 0 Å². The number of hydrogen-bond acceptors (Lipinski definition) is 4. The number of fused-ring (bicyclic) bond motifs is 1. The highest BCUT2D eigenvalue weighted by molar-refractivity contribution is 6.36. The molecule has 0 fully saturated rings. The summed E-state index contributed by atoms with van der Waals surface area (Å²) in [5, 5.41) is 4.77. The Morgan fingerprint density at radius 3 is 2.55 bits per heavy atom. The maximum absolute atomic E-state index is 12.7. The van der Waals surface area contributed by atoms with Crippen LogP contribution in [0.15, 0.2) is 71.4 Å². The first kappa shape index (κ1) is 22.8. The Kier molecular flexibility index (Phi) is 6.63. The van der Waals surface area contributed by atoms with Crippen LogP contribution in [0.4, 0.5) is 5.69 Å². The topological polar surface area (TPSA) is 60.7 Å². The van der Waals surface area contributed by atoms with Gasteiger partial charge in [-0.05, 0) is 42.8 Å². The summed E-state index contributed by atoms with van der Waals surface area (Å²) >= 11 is 12.5. The predicted octanol–water partition coefficient (Wildman–Crippen LogP) is 7.47. The molecule has 0 radical (unpaired) electrons. The molecule has 33 heavy (non-hydrogen) atoms. The Balaban J connectivity index is 1.71. The van der Waals surface area contributed by atoms with E-state index >= 15 is 0 Å². The van der Waals surface area contributed by atoms with Crippen molar-refractivity contribution < 1.29 is 18.7 Å². The van der Waals surface area contributed by atoms with Gasteiger partial charge in [0, 0.05) is 51.0 Å². The molecule has 4 aromatic rings. The molecule has 1 aromatic heterocycles. The molecule has 0 spiro atoms. The van der Waals surface area contributed by atoms with Crippen molar-refractivity contribution in [3.63, 3.8) is 0 Å². The van der Waals surface area contributed by atoms with Gasteiger partial charge in [-0.15, -0.1) is 0 Å². The van der Waals surface area contributed by atoms with Gasteiger partial charge in [0.1, 0.15) is 17.1 Å². The van der Waals surface area contributed by atoms with Crippen LogP contribution >= 0.6 is 23.2 Å². The number of allylic oxidation sites excluding steroid dienone is 1. The Morgan fingerprint density at radius 2 is 1.82 bits per heavy atom. The number of halogens is 2. The van der Waals surface area contributed by atoms with E-state index in [0.29, 0.717) is 32.8 Å². The van der Waals surface area contributed by atoms with Crippen LogP contribution in [0, 0.1) is 0 Å². The second-order valence-electron chi connectivity index (χ2n) is 7.37. The minimum Gasteiger partial charge on any atom is -0.497 e. The molecule has 1 N–H and O–H groups in total. The summed E-state index contributed by atoms with van der Waals surface area (Å²) in [6.45, 7) is 1.85. The average molecular weight is 482 g/mol. The molecule has 168 valence electrons. The van der Waals surface area contributed by atoms with Crippen molar-refractivity contribution in [1.82, 2.24) is 0 Å². The van der Waals surface area contributed by atoms with Gasteiger partial charge >= 0.3 is 0 Å². The van der Waals surface area contributed by atoms with Crippen molar-refractivity contribution in [3.05, 3.63) is 82.5 Å². The Labute approximate surface area is 201 Å². The number of anilines is 1. The molecule has 1 heterocycles. The maximum atomic E-state index is 12.7. The average Bonchev–Trinajstić information content (AvgIpc) is 3.20. The molecule has 0 aliphatic rings. The van der Waals surface area contributed by atoms with Gasteiger partial charge in [0.2, 0.25) is 5.91 Å². The number of methoxy groups -OCH3 is 2. The van der Waals surface area contributed by atoms with Gasteiger partial charge in [0.25, 0.3) is 0 Å². The SMILES string of the molecule is COc1cccc(NC(=O)/C=C(\C)c2cc3c(-c4ccc(Cl)cc4Cl)coc3cc2OC)c1. The van der Waals surface area contributed by atoms with E-state index in [2.05, 4.69) is 5.32 Å². The zero-order chi connectivity index (χ0) is 23.5. The number of benzene rings is 3. The molecule has 5 nitrogen and oxygen atoms in total.